The van der Waals surface area contributed by atoms with Crippen LogP contribution in [0.5, 0.6) is 0 Å². The third-order valence-electron chi connectivity index (χ3n) is 9.34. The first-order valence-corrected chi connectivity index (χ1v) is 18.9. The molecule has 298 valence electrons. The Bertz CT molecular complexity index is 1520. The Hall–Kier alpha value is -4.78. The van der Waals surface area contributed by atoms with E-state index in [4.69, 9.17) is 0 Å². The average Bonchev–Trinajstić information content (AvgIpc) is 3.10. The number of hydrogen-bond acceptors (Lipinski definition) is 7. The molecule has 13 nitrogen and oxygen atoms in total. The standard InChI is InChI=1S/C41H61N5O8/c1-9-27(8)37(40(52)46-36(26(6)7)41(53)54)44-34(49)23-32(47)30(21-28-16-12-10-13-17-28)43-39(51)35(25(4)5)45-38(50)31(20-24(2)3)42-33(48)22-29-18-14-11-15-19-29/h10-19,24-27,30-32,35-37,47H,9,20-23H2,1-8H3,(H,42,48)(H,43,51)(H,44,49)(H,45,50)(H,46,52)(H,53,54)/t27-,30?,31-,32?,35-,36-,37-/m0/s1. The Kier molecular flexibility index (Phi) is 18.9. The topological polar surface area (TPSA) is 203 Å². The van der Waals surface area contributed by atoms with Crippen molar-refractivity contribution in [1.82, 2.24) is 26.6 Å². The zero-order chi connectivity index (χ0) is 40.5. The number of carboxylic acids is 1. The number of aliphatic carboxylic acids is 1. The Morgan fingerprint density at radius 2 is 1.13 bits per heavy atom. The molecule has 5 amide bonds. The third kappa shape index (κ3) is 15.3. The second-order valence-corrected chi connectivity index (χ2v) is 15.2. The fourth-order valence-electron chi connectivity index (χ4n) is 5.97. The summed E-state index contributed by atoms with van der Waals surface area (Å²) in [6.45, 7) is 14.3. The lowest BCUT2D eigenvalue weighted by molar-refractivity contribution is -0.143. The second-order valence-electron chi connectivity index (χ2n) is 15.2. The largest absolute Gasteiger partial charge is 0.480 e. The van der Waals surface area contributed by atoms with Crippen molar-refractivity contribution in [3.63, 3.8) is 0 Å². The number of aliphatic hydroxyl groups is 1. The van der Waals surface area contributed by atoms with E-state index in [2.05, 4.69) is 26.6 Å². The number of nitrogens with one attached hydrogen (secondary N) is 5. The van der Waals surface area contributed by atoms with Gasteiger partial charge in [-0.2, -0.15) is 0 Å². The molecule has 2 aromatic carbocycles. The number of carbonyl (C=O) groups is 6. The Morgan fingerprint density at radius 3 is 1.63 bits per heavy atom. The van der Waals surface area contributed by atoms with Gasteiger partial charge in [0, 0.05) is 0 Å². The minimum Gasteiger partial charge on any atom is -0.480 e. The van der Waals surface area contributed by atoms with Crippen LogP contribution < -0.4 is 26.6 Å². The van der Waals surface area contributed by atoms with Gasteiger partial charge in [0.15, 0.2) is 0 Å². The highest BCUT2D eigenvalue weighted by Crippen LogP contribution is 2.15. The van der Waals surface area contributed by atoms with Crippen LogP contribution in [-0.4, -0.2) is 82.0 Å². The molecule has 0 saturated carbocycles. The van der Waals surface area contributed by atoms with E-state index < -0.39 is 78.2 Å². The summed E-state index contributed by atoms with van der Waals surface area (Å²) in [7, 11) is 0. The summed E-state index contributed by atoms with van der Waals surface area (Å²) in [5.41, 5.74) is 1.57. The first-order chi connectivity index (χ1) is 25.4. The van der Waals surface area contributed by atoms with E-state index in [0.29, 0.717) is 12.8 Å². The molecule has 0 bridgehead atoms. The van der Waals surface area contributed by atoms with E-state index in [9.17, 15) is 39.0 Å². The molecule has 2 aromatic rings. The summed E-state index contributed by atoms with van der Waals surface area (Å²) in [5.74, 6) is -5.02. The molecule has 54 heavy (non-hydrogen) atoms. The summed E-state index contributed by atoms with van der Waals surface area (Å²) in [6, 6.07) is 13.1. The van der Waals surface area contributed by atoms with E-state index in [1.165, 1.54) is 0 Å². The normalized spacial score (nSPS) is 15.3. The quantitative estimate of drug-likeness (QED) is 0.0951. The van der Waals surface area contributed by atoms with Crippen LogP contribution in [0.1, 0.15) is 85.8 Å². The van der Waals surface area contributed by atoms with Gasteiger partial charge < -0.3 is 36.8 Å². The van der Waals surface area contributed by atoms with Crippen molar-refractivity contribution in [1.29, 1.82) is 0 Å². The van der Waals surface area contributed by atoms with E-state index in [1.54, 1.807) is 34.6 Å². The highest BCUT2D eigenvalue weighted by molar-refractivity contribution is 5.93. The maximum absolute atomic E-state index is 13.9. The van der Waals surface area contributed by atoms with Gasteiger partial charge in [-0.1, -0.05) is 122 Å². The predicted molar refractivity (Wildman–Crippen MR) is 207 cm³/mol. The minimum atomic E-state index is -1.41. The first-order valence-electron chi connectivity index (χ1n) is 18.9. The number of rotatable bonds is 22. The number of amides is 5. The SMILES string of the molecule is CC[C@H](C)[C@H](NC(=O)CC(O)C(Cc1ccccc1)NC(=O)[C@@H](NC(=O)[C@H](CC(C)C)NC(=O)Cc1ccccc1)C(C)C)C(=O)N[C@H](C(=O)O)C(C)C. The average molecular weight is 752 g/mol. The summed E-state index contributed by atoms with van der Waals surface area (Å²) in [4.78, 5) is 78.8. The zero-order valence-corrected chi connectivity index (χ0v) is 32.9. The number of aliphatic hydroxyl groups excluding tert-OH is 1. The molecule has 0 aliphatic heterocycles. The van der Waals surface area contributed by atoms with Crippen LogP contribution in [0.25, 0.3) is 0 Å². The summed E-state index contributed by atoms with van der Waals surface area (Å²) in [6.07, 6.45) is -0.806. The minimum absolute atomic E-state index is 0.0560. The van der Waals surface area contributed by atoms with E-state index in [1.807, 2.05) is 81.4 Å². The highest BCUT2D eigenvalue weighted by Gasteiger charge is 2.35. The predicted octanol–water partition coefficient (Wildman–Crippen LogP) is 3.14. The van der Waals surface area contributed by atoms with Gasteiger partial charge >= 0.3 is 5.97 Å². The van der Waals surface area contributed by atoms with Gasteiger partial charge in [-0.15, -0.1) is 0 Å². The monoisotopic (exact) mass is 751 g/mol. The molecular formula is C41H61N5O8. The van der Waals surface area contributed by atoms with Crippen molar-refractivity contribution in [3.8, 4) is 0 Å². The molecule has 13 heteroatoms. The van der Waals surface area contributed by atoms with Crippen LogP contribution in [0.2, 0.25) is 0 Å². The van der Waals surface area contributed by atoms with Crippen LogP contribution in [0.15, 0.2) is 60.7 Å². The molecule has 0 fully saturated rings. The zero-order valence-electron chi connectivity index (χ0n) is 32.9. The van der Waals surface area contributed by atoms with Gasteiger partial charge in [0.25, 0.3) is 0 Å². The number of carbonyl (C=O) groups excluding carboxylic acids is 5. The first kappa shape index (κ1) is 45.4. The van der Waals surface area contributed by atoms with Crippen molar-refractivity contribution < 1.29 is 39.0 Å². The number of carboxylic acid groups (broad SMARTS) is 1. The van der Waals surface area contributed by atoms with Gasteiger partial charge in [-0.3, -0.25) is 24.0 Å². The molecule has 2 rings (SSSR count). The van der Waals surface area contributed by atoms with Gasteiger partial charge in [-0.25, -0.2) is 4.79 Å². The maximum Gasteiger partial charge on any atom is 0.326 e. The summed E-state index contributed by atoms with van der Waals surface area (Å²) < 4.78 is 0. The Labute approximate surface area is 319 Å². The third-order valence-corrected chi connectivity index (χ3v) is 9.34. The molecule has 0 radical (unpaired) electrons. The van der Waals surface area contributed by atoms with Crippen molar-refractivity contribution in [2.24, 2.45) is 23.7 Å². The lowest BCUT2D eigenvalue weighted by Crippen LogP contribution is -2.59. The van der Waals surface area contributed by atoms with Gasteiger partial charge in [0.1, 0.15) is 24.2 Å². The van der Waals surface area contributed by atoms with Crippen LogP contribution in [0.3, 0.4) is 0 Å². The lowest BCUT2D eigenvalue weighted by atomic mass is 9.95. The van der Waals surface area contributed by atoms with Crippen molar-refractivity contribution >= 4 is 35.5 Å². The molecule has 2 unspecified atom stereocenters. The van der Waals surface area contributed by atoms with Crippen LogP contribution in [0, 0.1) is 23.7 Å². The van der Waals surface area contributed by atoms with Crippen molar-refractivity contribution in [3.05, 3.63) is 71.8 Å². The Balaban J connectivity index is 2.25. The summed E-state index contributed by atoms with van der Waals surface area (Å²) >= 11 is 0. The molecule has 0 saturated heterocycles. The van der Waals surface area contributed by atoms with Gasteiger partial charge in [0.05, 0.1) is 25.0 Å². The Morgan fingerprint density at radius 1 is 0.611 bits per heavy atom. The summed E-state index contributed by atoms with van der Waals surface area (Å²) in [5, 5.41) is 34.7. The molecular weight excluding hydrogens is 690 g/mol. The number of benzene rings is 2. The van der Waals surface area contributed by atoms with E-state index >= 15 is 0 Å². The van der Waals surface area contributed by atoms with E-state index in [-0.39, 0.29) is 36.5 Å². The smallest absolute Gasteiger partial charge is 0.326 e. The van der Waals surface area contributed by atoms with Gasteiger partial charge in [-0.05, 0) is 47.6 Å². The molecule has 7 N–H and O–H groups in total. The molecule has 7 atom stereocenters. The van der Waals surface area contributed by atoms with Crippen molar-refractivity contribution in [2.75, 3.05) is 0 Å². The van der Waals surface area contributed by atoms with Gasteiger partial charge in [0.2, 0.25) is 29.5 Å². The number of hydrogen-bond donors (Lipinski definition) is 7. The van der Waals surface area contributed by atoms with E-state index in [0.717, 1.165) is 11.1 Å². The molecule has 0 aromatic heterocycles. The maximum atomic E-state index is 13.9. The molecule has 0 heterocycles. The highest BCUT2D eigenvalue weighted by atomic mass is 16.4. The van der Waals surface area contributed by atoms with Crippen LogP contribution >= 0.6 is 0 Å². The fourth-order valence-corrected chi connectivity index (χ4v) is 5.97. The molecule has 0 spiro atoms. The fraction of sp³-hybridized carbons (Fsp3) is 0.561. The van der Waals surface area contributed by atoms with Crippen LogP contribution in [-0.2, 0) is 41.6 Å². The molecule has 0 aliphatic carbocycles. The lowest BCUT2D eigenvalue weighted by Gasteiger charge is -2.30. The molecule has 0 aliphatic rings. The van der Waals surface area contributed by atoms with Crippen LogP contribution in [0.4, 0.5) is 0 Å². The second kappa shape index (κ2) is 22.4. The van der Waals surface area contributed by atoms with Crippen molar-refractivity contribution in [2.45, 2.75) is 124 Å².